The predicted octanol–water partition coefficient (Wildman–Crippen LogP) is 2.55. The van der Waals surface area contributed by atoms with E-state index in [1.54, 1.807) is 12.1 Å². The summed E-state index contributed by atoms with van der Waals surface area (Å²) in [5, 5.41) is 2.91. The lowest BCUT2D eigenvalue weighted by molar-refractivity contribution is 0.0954. The highest BCUT2D eigenvalue weighted by Gasteiger charge is 2.06. The summed E-state index contributed by atoms with van der Waals surface area (Å²) in [6, 6.07) is 15.4. The summed E-state index contributed by atoms with van der Waals surface area (Å²) in [4.78, 5) is 11.9. The Morgan fingerprint density at radius 1 is 1.16 bits per heavy atom. The fraction of sp³-hybridized carbons (Fsp3) is 0.188. The monoisotopic (exact) mass is 254 g/mol. The SMILES string of the molecule is Cc1cc(C(=O)NCCc2ccccc2)ccc1N. The van der Waals surface area contributed by atoms with Crippen LogP contribution in [-0.4, -0.2) is 12.5 Å². The topological polar surface area (TPSA) is 55.1 Å². The molecule has 3 nitrogen and oxygen atoms in total. The average molecular weight is 254 g/mol. The quantitative estimate of drug-likeness (QED) is 0.824. The van der Waals surface area contributed by atoms with E-state index < -0.39 is 0 Å². The molecule has 3 heteroatoms. The van der Waals surface area contributed by atoms with Gasteiger partial charge in [-0.05, 0) is 42.7 Å². The molecule has 19 heavy (non-hydrogen) atoms. The molecule has 2 aromatic rings. The van der Waals surface area contributed by atoms with E-state index in [2.05, 4.69) is 17.4 Å². The molecule has 0 atom stereocenters. The van der Waals surface area contributed by atoms with Crippen molar-refractivity contribution in [2.24, 2.45) is 0 Å². The molecular formula is C16H18N2O. The van der Waals surface area contributed by atoms with Gasteiger partial charge in [0.1, 0.15) is 0 Å². The summed E-state index contributed by atoms with van der Waals surface area (Å²) in [5.41, 5.74) is 9.24. The standard InChI is InChI=1S/C16H18N2O/c1-12-11-14(7-8-15(12)17)16(19)18-10-9-13-5-3-2-4-6-13/h2-8,11H,9-10,17H2,1H3,(H,18,19). The van der Waals surface area contributed by atoms with E-state index in [4.69, 9.17) is 5.73 Å². The summed E-state index contributed by atoms with van der Waals surface area (Å²) in [5.74, 6) is -0.0565. The van der Waals surface area contributed by atoms with Crippen molar-refractivity contribution in [3.05, 3.63) is 65.2 Å². The molecule has 0 heterocycles. The van der Waals surface area contributed by atoms with Crippen LogP contribution < -0.4 is 11.1 Å². The minimum Gasteiger partial charge on any atom is -0.399 e. The number of rotatable bonds is 4. The molecule has 0 saturated heterocycles. The van der Waals surface area contributed by atoms with Gasteiger partial charge in [-0.1, -0.05) is 30.3 Å². The van der Waals surface area contributed by atoms with Crippen LogP contribution in [0.4, 0.5) is 5.69 Å². The molecule has 0 aromatic heterocycles. The lowest BCUT2D eigenvalue weighted by Gasteiger charge is -2.07. The van der Waals surface area contributed by atoms with Gasteiger partial charge in [0, 0.05) is 17.8 Å². The second-order valence-corrected chi connectivity index (χ2v) is 4.56. The van der Waals surface area contributed by atoms with Gasteiger partial charge in [-0.15, -0.1) is 0 Å². The van der Waals surface area contributed by atoms with Gasteiger partial charge in [0.15, 0.2) is 0 Å². The Bertz CT molecular complexity index is 564. The first-order valence-electron chi connectivity index (χ1n) is 6.35. The number of nitrogens with two attached hydrogens (primary N) is 1. The largest absolute Gasteiger partial charge is 0.399 e. The number of carbonyl (C=O) groups excluding carboxylic acids is 1. The Balaban J connectivity index is 1.89. The number of nitrogen functional groups attached to an aromatic ring is 1. The summed E-state index contributed by atoms with van der Waals surface area (Å²) >= 11 is 0. The van der Waals surface area contributed by atoms with Gasteiger partial charge >= 0.3 is 0 Å². The molecule has 0 aliphatic rings. The number of anilines is 1. The Morgan fingerprint density at radius 2 is 1.89 bits per heavy atom. The lowest BCUT2D eigenvalue weighted by Crippen LogP contribution is -2.25. The van der Waals surface area contributed by atoms with Gasteiger partial charge in [0.25, 0.3) is 5.91 Å². The lowest BCUT2D eigenvalue weighted by atomic mass is 10.1. The second kappa shape index (κ2) is 6.05. The van der Waals surface area contributed by atoms with Crippen LogP contribution in [-0.2, 0) is 6.42 Å². The zero-order chi connectivity index (χ0) is 13.7. The maximum Gasteiger partial charge on any atom is 0.251 e. The Labute approximate surface area is 113 Å². The van der Waals surface area contributed by atoms with Crippen molar-refractivity contribution in [2.45, 2.75) is 13.3 Å². The highest BCUT2D eigenvalue weighted by molar-refractivity contribution is 5.94. The van der Waals surface area contributed by atoms with Gasteiger partial charge < -0.3 is 11.1 Å². The normalized spacial score (nSPS) is 10.2. The van der Waals surface area contributed by atoms with Crippen LogP contribution in [0.1, 0.15) is 21.5 Å². The van der Waals surface area contributed by atoms with Crippen LogP contribution >= 0.6 is 0 Å². The summed E-state index contributed by atoms with van der Waals surface area (Å²) in [6.07, 6.45) is 0.834. The van der Waals surface area contributed by atoms with Gasteiger partial charge in [-0.3, -0.25) is 4.79 Å². The Hall–Kier alpha value is -2.29. The van der Waals surface area contributed by atoms with Gasteiger partial charge in [-0.2, -0.15) is 0 Å². The van der Waals surface area contributed by atoms with Crippen molar-refractivity contribution in [1.82, 2.24) is 5.32 Å². The maximum atomic E-state index is 11.9. The molecule has 0 radical (unpaired) electrons. The zero-order valence-electron chi connectivity index (χ0n) is 11.0. The molecule has 2 rings (SSSR count). The highest BCUT2D eigenvalue weighted by atomic mass is 16.1. The number of hydrogen-bond donors (Lipinski definition) is 2. The number of hydrogen-bond acceptors (Lipinski definition) is 2. The molecule has 2 aromatic carbocycles. The van der Waals surface area contributed by atoms with Crippen molar-refractivity contribution in [2.75, 3.05) is 12.3 Å². The predicted molar refractivity (Wildman–Crippen MR) is 78.1 cm³/mol. The van der Waals surface area contributed by atoms with Crippen molar-refractivity contribution in [3.8, 4) is 0 Å². The molecule has 0 unspecified atom stereocenters. The number of nitrogens with one attached hydrogen (secondary N) is 1. The number of aryl methyl sites for hydroxylation is 1. The minimum absolute atomic E-state index is 0.0565. The van der Waals surface area contributed by atoms with Crippen LogP contribution in [0, 0.1) is 6.92 Å². The molecule has 3 N–H and O–H groups in total. The third-order valence-corrected chi connectivity index (χ3v) is 3.07. The molecule has 0 fully saturated rings. The van der Waals surface area contributed by atoms with E-state index in [9.17, 15) is 4.79 Å². The van der Waals surface area contributed by atoms with E-state index in [0.717, 1.165) is 12.0 Å². The van der Waals surface area contributed by atoms with Crippen molar-refractivity contribution < 1.29 is 4.79 Å². The van der Waals surface area contributed by atoms with Crippen molar-refractivity contribution in [3.63, 3.8) is 0 Å². The first-order valence-corrected chi connectivity index (χ1v) is 6.35. The molecule has 0 spiro atoms. The van der Waals surface area contributed by atoms with E-state index in [1.807, 2.05) is 31.2 Å². The maximum absolute atomic E-state index is 11.9. The molecular weight excluding hydrogens is 236 g/mol. The number of benzene rings is 2. The van der Waals surface area contributed by atoms with Crippen LogP contribution in [0.3, 0.4) is 0 Å². The van der Waals surface area contributed by atoms with E-state index in [-0.39, 0.29) is 5.91 Å². The minimum atomic E-state index is -0.0565. The van der Waals surface area contributed by atoms with Gasteiger partial charge in [-0.25, -0.2) is 0 Å². The van der Waals surface area contributed by atoms with E-state index in [1.165, 1.54) is 5.56 Å². The smallest absolute Gasteiger partial charge is 0.251 e. The third-order valence-electron chi connectivity index (χ3n) is 3.07. The first-order chi connectivity index (χ1) is 9.16. The molecule has 0 aliphatic heterocycles. The highest BCUT2D eigenvalue weighted by Crippen LogP contribution is 2.12. The molecule has 98 valence electrons. The fourth-order valence-corrected chi connectivity index (χ4v) is 1.88. The Kier molecular flexibility index (Phi) is 4.18. The number of carbonyl (C=O) groups is 1. The van der Waals surface area contributed by atoms with Gasteiger partial charge in [0.2, 0.25) is 0 Å². The average Bonchev–Trinajstić information content (AvgIpc) is 2.43. The van der Waals surface area contributed by atoms with E-state index >= 15 is 0 Å². The summed E-state index contributed by atoms with van der Waals surface area (Å²) in [7, 11) is 0. The first kappa shape index (κ1) is 13.1. The third kappa shape index (κ3) is 3.58. The second-order valence-electron chi connectivity index (χ2n) is 4.56. The molecule has 0 bridgehead atoms. The Morgan fingerprint density at radius 3 is 2.58 bits per heavy atom. The van der Waals surface area contributed by atoms with Crippen molar-refractivity contribution >= 4 is 11.6 Å². The molecule has 0 saturated carbocycles. The van der Waals surface area contributed by atoms with Gasteiger partial charge in [0.05, 0.1) is 0 Å². The van der Waals surface area contributed by atoms with Crippen LogP contribution in [0.5, 0.6) is 0 Å². The van der Waals surface area contributed by atoms with Crippen LogP contribution in [0.25, 0.3) is 0 Å². The fourth-order valence-electron chi connectivity index (χ4n) is 1.88. The van der Waals surface area contributed by atoms with Crippen molar-refractivity contribution in [1.29, 1.82) is 0 Å². The van der Waals surface area contributed by atoms with Crippen LogP contribution in [0.2, 0.25) is 0 Å². The molecule has 1 amide bonds. The van der Waals surface area contributed by atoms with E-state index in [0.29, 0.717) is 17.8 Å². The zero-order valence-corrected chi connectivity index (χ0v) is 11.0. The van der Waals surface area contributed by atoms with Crippen LogP contribution in [0.15, 0.2) is 48.5 Å². The summed E-state index contributed by atoms with van der Waals surface area (Å²) < 4.78 is 0. The number of amides is 1. The summed E-state index contributed by atoms with van der Waals surface area (Å²) in [6.45, 7) is 2.53. The molecule has 0 aliphatic carbocycles.